The van der Waals surface area contributed by atoms with Crippen LogP contribution in [0.2, 0.25) is 0 Å². The third-order valence-corrected chi connectivity index (χ3v) is 5.07. The third-order valence-electron chi connectivity index (χ3n) is 5.07. The first-order chi connectivity index (χ1) is 14.3. The molecule has 4 rings (SSSR count). The highest BCUT2D eigenvalue weighted by atomic mass is 19.4. The van der Waals surface area contributed by atoms with Crippen LogP contribution in [0.3, 0.4) is 0 Å². The number of nitrogens with zero attached hydrogens (tertiary/aromatic N) is 3. The molecular formula is C21H18F4N4O. The van der Waals surface area contributed by atoms with Crippen LogP contribution in [0, 0.1) is 5.82 Å². The Bertz CT molecular complexity index is 1060. The zero-order valence-corrected chi connectivity index (χ0v) is 15.8. The van der Waals surface area contributed by atoms with Crippen LogP contribution in [0.25, 0.3) is 10.9 Å². The highest BCUT2D eigenvalue weighted by molar-refractivity contribution is 5.94. The summed E-state index contributed by atoms with van der Waals surface area (Å²) in [6.45, 7) is 0.874. The lowest BCUT2D eigenvalue weighted by atomic mass is 10.0. The predicted octanol–water partition coefficient (Wildman–Crippen LogP) is 4.19. The van der Waals surface area contributed by atoms with Crippen LogP contribution < -0.4 is 10.2 Å². The van der Waals surface area contributed by atoms with E-state index in [0.29, 0.717) is 36.9 Å². The van der Waals surface area contributed by atoms with Crippen LogP contribution in [0.5, 0.6) is 0 Å². The minimum atomic E-state index is -4.64. The zero-order chi connectivity index (χ0) is 21.3. The van der Waals surface area contributed by atoms with Gasteiger partial charge in [0.25, 0.3) is 5.91 Å². The lowest BCUT2D eigenvalue weighted by Gasteiger charge is -2.34. The molecule has 0 spiro atoms. The van der Waals surface area contributed by atoms with Gasteiger partial charge in [0.2, 0.25) is 5.82 Å². The minimum Gasteiger partial charge on any atom is -0.356 e. The van der Waals surface area contributed by atoms with Crippen molar-refractivity contribution >= 4 is 22.6 Å². The Balaban J connectivity index is 1.49. The second kappa shape index (κ2) is 7.89. The number of benzene rings is 2. The molecule has 0 atom stereocenters. The maximum Gasteiger partial charge on any atom is 0.451 e. The molecule has 1 amide bonds. The molecular weight excluding hydrogens is 400 g/mol. The Morgan fingerprint density at radius 2 is 1.67 bits per heavy atom. The van der Waals surface area contributed by atoms with E-state index in [0.717, 1.165) is 0 Å². The Hall–Kier alpha value is -3.23. The van der Waals surface area contributed by atoms with Crippen molar-refractivity contribution in [2.75, 3.05) is 18.0 Å². The van der Waals surface area contributed by atoms with E-state index >= 15 is 0 Å². The molecule has 1 N–H and O–H groups in total. The number of hydrogen-bond donors (Lipinski definition) is 1. The van der Waals surface area contributed by atoms with Gasteiger partial charge in [0, 0.05) is 30.1 Å². The largest absolute Gasteiger partial charge is 0.451 e. The number of fused-ring (bicyclic) bond motifs is 1. The maximum absolute atomic E-state index is 13.2. The normalized spacial score (nSPS) is 15.4. The molecule has 156 valence electrons. The SMILES string of the molecule is O=C(NC1CCN(c2nc(C(F)(F)F)nc3ccccc23)CC1)c1ccc(F)cc1. The molecule has 0 unspecified atom stereocenters. The molecule has 1 aliphatic heterocycles. The van der Waals surface area contributed by atoms with Crippen molar-refractivity contribution in [3.8, 4) is 0 Å². The first-order valence-corrected chi connectivity index (χ1v) is 9.46. The van der Waals surface area contributed by atoms with Gasteiger partial charge in [0.15, 0.2) is 0 Å². The summed E-state index contributed by atoms with van der Waals surface area (Å²) in [5.74, 6) is -1.64. The standard InChI is InChI=1S/C21H18F4N4O/c22-14-7-5-13(6-8-14)19(30)26-15-9-11-29(12-10-15)18-16-3-1-2-4-17(16)27-20(28-18)21(23,24)25/h1-8,15H,9-12H2,(H,26,30). The lowest BCUT2D eigenvalue weighted by Crippen LogP contribution is -2.45. The van der Waals surface area contributed by atoms with E-state index in [1.54, 1.807) is 23.1 Å². The topological polar surface area (TPSA) is 58.1 Å². The summed E-state index contributed by atoms with van der Waals surface area (Å²) in [7, 11) is 0. The lowest BCUT2D eigenvalue weighted by molar-refractivity contribution is -0.144. The fourth-order valence-corrected chi connectivity index (χ4v) is 3.53. The van der Waals surface area contributed by atoms with Crippen LogP contribution in [0.15, 0.2) is 48.5 Å². The highest BCUT2D eigenvalue weighted by Crippen LogP contribution is 2.32. The Labute approximate surface area is 169 Å². The van der Waals surface area contributed by atoms with Gasteiger partial charge in [-0.25, -0.2) is 14.4 Å². The number of halogens is 4. The van der Waals surface area contributed by atoms with E-state index < -0.39 is 17.8 Å². The van der Waals surface area contributed by atoms with E-state index in [4.69, 9.17) is 0 Å². The quantitative estimate of drug-likeness (QED) is 0.649. The summed E-state index contributed by atoms with van der Waals surface area (Å²) in [5.41, 5.74) is 0.594. The molecule has 9 heteroatoms. The van der Waals surface area contributed by atoms with Crippen LogP contribution in [0.4, 0.5) is 23.4 Å². The zero-order valence-electron chi connectivity index (χ0n) is 15.8. The van der Waals surface area contributed by atoms with Gasteiger partial charge in [0.05, 0.1) is 5.52 Å². The van der Waals surface area contributed by atoms with E-state index in [-0.39, 0.29) is 23.3 Å². The fourth-order valence-electron chi connectivity index (χ4n) is 3.53. The second-order valence-electron chi connectivity index (χ2n) is 7.13. The van der Waals surface area contributed by atoms with Crippen molar-refractivity contribution in [3.05, 3.63) is 65.7 Å². The molecule has 2 aromatic carbocycles. The number of alkyl halides is 3. The molecule has 30 heavy (non-hydrogen) atoms. The molecule has 1 fully saturated rings. The van der Waals surface area contributed by atoms with Crippen molar-refractivity contribution in [1.29, 1.82) is 0 Å². The van der Waals surface area contributed by atoms with E-state index in [2.05, 4.69) is 15.3 Å². The van der Waals surface area contributed by atoms with Gasteiger partial charge in [-0.1, -0.05) is 12.1 Å². The molecule has 0 aliphatic carbocycles. The van der Waals surface area contributed by atoms with Crippen molar-refractivity contribution in [2.45, 2.75) is 25.1 Å². The van der Waals surface area contributed by atoms with Crippen molar-refractivity contribution in [2.24, 2.45) is 0 Å². The summed E-state index contributed by atoms with van der Waals surface area (Å²) in [5, 5.41) is 3.45. The van der Waals surface area contributed by atoms with Gasteiger partial charge < -0.3 is 10.2 Å². The van der Waals surface area contributed by atoms with Gasteiger partial charge >= 0.3 is 6.18 Å². The first kappa shape index (κ1) is 20.1. The molecule has 5 nitrogen and oxygen atoms in total. The Morgan fingerprint density at radius 3 is 2.33 bits per heavy atom. The van der Waals surface area contributed by atoms with Crippen LogP contribution in [-0.2, 0) is 6.18 Å². The Morgan fingerprint density at radius 1 is 1.00 bits per heavy atom. The molecule has 0 saturated carbocycles. The molecule has 1 aromatic heterocycles. The monoisotopic (exact) mass is 418 g/mol. The van der Waals surface area contributed by atoms with Crippen LogP contribution >= 0.6 is 0 Å². The maximum atomic E-state index is 13.2. The Kier molecular flexibility index (Phi) is 5.27. The number of amides is 1. The van der Waals surface area contributed by atoms with Crippen molar-refractivity contribution in [1.82, 2.24) is 15.3 Å². The van der Waals surface area contributed by atoms with Crippen LogP contribution in [0.1, 0.15) is 29.0 Å². The van der Waals surface area contributed by atoms with Gasteiger partial charge in [0.1, 0.15) is 11.6 Å². The number of carbonyl (C=O) groups is 1. The van der Waals surface area contributed by atoms with Crippen molar-refractivity contribution < 1.29 is 22.4 Å². The third kappa shape index (κ3) is 4.19. The fraction of sp³-hybridized carbons (Fsp3) is 0.286. The predicted molar refractivity (Wildman–Crippen MR) is 104 cm³/mol. The highest BCUT2D eigenvalue weighted by Gasteiger charge is 2.36. The van der Waals surface area contributed by atoms with Crippen molar-refractivity contribution in [3.63, 3.8) is 0 Å². The van der Waals surface area contributed by atoms with Gasteiger partial charge in [-0.3, -0.25) is 4.79 Å². The average Bonchev–Trinajstić information content (AvgIpc) is 2.73. The van der Waals surface area contributed by atoms with Gasteiger partial charge in [-0.2, -0.15) is 13.2 Å². The number of para-hydroxylation sites is 1. The van der Waals surface area contributed by atoms with E-state index in [1.165, 1.54) is 30.3 Å². The van der Waals surface area contributed by atoms with E-state index in [1.807, 2.05) is 0 Å². The number of hydrogen-bond acceptors (Lipinski definition) is 4. The average molecular weight is 418 g/mol. The number of rotatable bonds is 3. The van der Waals surface area contributed by atoms with Crippen LogP contribution in [-0.4, -0.2) is 35.0 Å². The molecule has 2 heterocycles. The molecule has 3 aromatic rings. The summed E-state index contributed by atoms with van der Waals surface area (Å²) in [6, 6.07) is 11.7. The summed E-state index contributed by atoms with van der Waals surface area (Å²) < 4.78 is 52.7. The molecule has 0 bridgehead atoms. The molecule has 1 aliphatic rings. The van der Waals surface area contributed by atoms with Gasteiger partial charge in [-0.05, 0) is 49.2 Å². The number of piperidine rings is 1. The first-order valence-electron chi connectivity index (χ1n) is 9.46. The second-order valence-corrected chi connectivity index (χ2v) is 7.13. The van der Waals surface area contributed by atoms with Gasteiger partial charge in [-0.15, -0.1) is 0 Å². The molecule has 1 saturated heterocycles. The van der Waals surface area contributed by atoms with E-state index in [9.17, 15) is 22.4 Å². The minimum absolute atomic E-state index is 0.131. The summed E-state index contributed by atoms with van der Waals surface area (Å²) >= 11 is 0. The number of aromatic nitrogens is 2. The molecule has 0 radical (unpaired) electrons. The summed E-state index contributed by atoms with van der Waals surface area (Å²) in [6.07, 6.45) is -3.54. The smallest absolute Gasteiger partial charge is 0.356 e. The number of anilines is 1. The number of carbonyl (C=O) groups excluding carboxylic acids is 1. The number of nitrogens with one attached hydrogen (secondary N) is 1. The summed E-state index contributed by atoms with van der Waals surface area (Å²) in [4.78, 5) is 21.6.